The zero-order valence-electron chi connectivity index (χ0n) is 13.3. The van der Waals surface area contributed by atoms with Gasteiger partial charge in [0.1, 0.15) is 6.54 Å². The lowest BCUT2D eigenvalue weighted by Gasteiger charge is -2.09. The standard InChI is InChI=1S/C17H13ClN4O4/c18-11-5-3-4-10(8-11)15(24)20-19-14(23)9-22-17(26)13-7-2-1-6-12(13)16(25)21-22/h1-8H,9H2,(H,19,23)(H,20,24)(H,21,25). The van der Waals surface area contributed by atoms with Crippen molar-refractivity contribution in [1.29, 1.82) is 0 Å². The second-order valence-electron chi connectivity index (χ2n) is 5.39. The summed E-state index contributed by atoms with van der Waals surface area (Å²) < 4.78 is 0.880. The molecule has 9 heteroatoms. The lowest BCUT2D eigenvalue weighted by Crippen LogP contribution is -2.45. The maximum Gasteiger partial charge on any atom is 0.273 e. The second kappa shape index (κ2) is 7.24. The molecule has 1 heterocycles. The van der Waals surface area contributed by atoms with E-state index in [1.54, 1.807) is 24.3 Å². The van der Waals surface area contributed by atoms with Crippen LogP contribution in [0.15, 0.2) is 58.1 Å². The number of carbonyl (C=O) groups is 2. The number of rotatable bonds is 3. The van der Waals surface area contributed by atoms with Crippen molar-refractivity contribution in [2.75, 3.05) is 0 Å². The third-order valence-corrected chi connectivity index (χ3v) is 3.82. The first-order valence-electron chi connectivity index (χ1n) is 7.52. The van der Waals surface area contributed by atoms with E-state index < -0.39 is 29.5 Å². The first-order valence-corrected chi connectivity index (χ1v) is 7.90. The zero-order chi connectivity index (χ0) is 18.7. The Morgan fingerprint density at radius 3 is 2.46 bits per heavy atom. The summed E-state index contributed by atoms with van der Waals surface area (Å²) in [5.74, 6) is -1.26. The van der Waals surface area contributed by atoms with Crippen LogP contribution in [0.25, 0.3) is 10.8 Å². The van der Waals surface area contributed by atoms with Crippen LogP contribution in [0.2, 0.25) is 5.02 Å². The van der Waals surface area contributed by atoms with Gasteiger partial charge in [-0.3, -0.25) is 35.1 Å². The molecule has 0 atom stereocenters. The topological polar surface area (TPSA) is 113 Å². The van der Waals surface area contributed by atoms with Crippen LogP contribution in [0.3, 0.4) is 0 Å². The molecule has 3 N–H and O–H groups in total. The monoisotopic (exact) mass is 372 g/mol. The molecule has 0 saturated heterocycles. The van der Waals surface area contributed by atoms with E-state index in [1.807, 2.05) is 0 Å². The number of hydrogen-bond donors (Lipinski definition) is 3. The summed E-state index contributed by atoms with van der Waals surface area (Å²) in [4.78, 5) is 48.2. The Balaban J connectivity index is 1.72. The molecule has 0 aliphatic rings. The van der Waals surface area contributed by atoms with Crippen LogP contribution in [-0.4, -0.2) is 21.6 Å². The number of aromatic nitrogens is 2. The van der Waals surface area contributed by atoms with Gasteiger partial charge in [0.15, 0.2) is 0 Å². The van der Waals surface area contributed by atoms with Gasteiger partial charge in [-0.05, 0) is 30.3 Å². The number of nitrogens with one attached hydrogen (secondary N) is 3. The van der Waals surface area contributed by atoms with Gasteiger partial charge in [-0.15, -0.1) is 0 Å². The average Bonchev–Trinajstić information content (AvgIpc) is 2.64. The fraction of sp³-hybridized carbons (Fsp3) is 0.0588. The fourth-order valence-electron chi connectivity index (χ4n) is 2.37. The van der Waals surface area contributed by atoms with E-state index in [1.165, 1.54) is 24.3 Å². The third kappa shape index (κ3) is 3.65. The van der Waals surface area contributed by atoms with Crippen molar-refractivity contribution in [2.24, 2.45) is 0 Å². The molecule has 132 valence electrons. The summed E-state index contributed by atoms with van der Waals surface area (Å²) in [6, 6.07) is 12.5. The van der Waals surface area contributed by atoms with Crippen LogP contribution in [0.1, 0.15) is 10.4 Å². The molecule has 0 spiro atoms. The van der Waals surface area contributed by atoms with Gasteiger partial charge in [0.2, 0.25) is 0 Å². The third-order valence-electron chi connectivity index (χ3n) is 3.59. The number of carbonyl (C=O) groups excluding carboxylic acids is 2. The highest BCUT2D eigenvalue weighted by molar-refractivity contribution is 6.30. The number of fused-ring (bicyclic) bond motifs is 1. The van der Waals surface area contributed by atoms with Gasteiger partial charge in [0.05, 0.1) is 10.8 Å². The molecule has 3 aromatic rings. The number of hydrazine groups is 1. The molecule has 3 rings (SSSR count). The predicted octanol–water partition coefficient (Wildman–Crippen LogP) is 0.804. The molecule has 0 aliphatic carbocycles. The fourth-order valence-corrected chi connectivity index (χ4v) is 2.56. The number of halogens is 1. The molecule has 0 fully saturated rings. The van der Waals surface area contributed by atoms with E-state index in [-0.39, 0.29) is 16.3 Å². The van der Waals surface area contributed by atoms with Crippen LogP contribution < -0.4 is 22.0 Å². The molecule has 8 nitrogen and oxygen atoms in total. The smallest absolute Gasteiger partial charge is 0.271 e. The second-order valence-corrected chi connectivity index (χ2v) is 5.83. The van der Waals surface area contributed by atoms with E-state index in [9.17, 15) is 19.2 Å². The number of nitrogens with zero attached hydrogens (tertiary/aromatic N) is 1. The number of benzene rings is 2. The van der Waals surface area contributed by atoms with Crippen LogP contribution in [0, 0.1) is 0 Å². The molecular formula is C17H13ClN4O4. The first kappa shape index (κ1) is 17.4. The SMILES string of the molecule is O=C(Cn1[nH]c(=O)c2ccccc2c1=O)NNC(=O)c1cccc(Cl)c1. The average molecular weight is 373 g/mol. The molecule has 0 radical (unpaired) electrons. The first-order chi connectivity index (χ1) is 12.5. The van der Waals surface area contributed by atoms with E-state index in [2.05, 4.69) is 16.0 Å². The molecule has 0 bridgehead atoms. The summed E-state index contributed by atoms with van der Waals surface area (Å²) in [6.45, 7) is -0.464. The maximum absolute atomic E-state index is 12.3. The van der Waals surface area contributed by atoms with Crippen LogP contribution in [0.5, 0.6) is 0 Å². The van der Waals surface area contributed by atoms with Crippen LogP contribution in [-0.2, 0) is 11.3 Å². The van der Waals surface area contributed by atoms with Gasteiger partial charge in [-0.2, -0.15) is 0 Å². The van der Waals surface area contributed by atoms with Crippen molar-refractivity contribution < 1.29 is 9.59 Å². The molecule has 26 heavy (non-hydrogen) atoms. The van der Waals surface area contributed by atoms with Gasteiger partial charge < -0.3 is 0 Å². The highest BCUT2D eigenvalue weighted by Gasteiger charge is 2.11. The van der Waals surface area contributed by atoms with Gasteiger partial charge in [-0.1, -0.05) is 29.8 Å². The highest BCUT2D eigenvalue weighted by Crippen LogP contribution is 2.10. The summed E-state index contributed by atoms with van der Waals surface area (Å²) in [5.41, 5.74) is 3.64. The summed E-state index contributed by atoms with van der Waals surface area (Å²) >= 11 is 5.80. The molecule has 0 unspecified atom stereocenters. The van der Waals surface area contributed by atoms with Crippen molar-refractivity contribution >= 4 is 34.2 Å². The van der Waals surface area contributed by atoms with Gasteiger partial charge in [-0.25, -0.2) is 4.68 Å². The Morgan fingerprint density at radius 2 is 1.73 bits per heavy atom. The number of amides is 2. The molecular weight excluding hydrogens is 360 g/mol. The summed E-state index contributed by atoms with van der Waals surface area (Å²) in [7, 11) is 0. The Bertz CT molecular complexity index is 1120. The van der Waals surface area contributed by atoms with Crippen LogP contribution >= 0.6 is 11.6 Å². The predicted molar refractivity (Wildman–Crippen MR) is 95.9 cm³/mol. The van der Waals surface area contributed by atoms with Gasteiger partial charge in [0, 0.05) is 10.6 Å². The number of hydrogen-bond acceptors (Lipinski definition) is 4. The lowest BCUT2D eigenvalue weighted by molar-refractivity contribution is -0.122. The van der Waals surface area contributed by atoms with E-state index in [0.29, 0.717) is 5.02 Å². The minimum absolute atomic E-state index is 0.201. The van der Waals surface area contributed by atoms with E-state index in [4.69, 9.17) is 11.6 Å². The van der Waals surface area contributed by atoms with Gasteiger partial charge in [0.25, 0.3) is 22.9 Å². The lowest BCUT2D eigenvalue weighted by atomic mass is 10.2. The highest BCUT2D eigenvalue weighted by atomic mass is 35.5. The Kier molecular flexibility index (Phi) is 4.85. The van der Waals surface area contributed by atoms with Gasteiger partial charge >= 0.3 is 0 Å². The largest absolute Gasteiger partial charge is 0.273 e. The maximum atomic E-state index is 12.3. The summed E-state index contributed by atoms with van der Waals surface area (Å²) in [6.07, 6.45) is 0. The molecule has 2 amide bonds. The van der Waals surface area contributed by atoms with Crippen molar-refractivity contribution in [2.45, 2.75) is 6.54 Å². The van der Waals surface area contributed by atoms with Crippen molar-refractivity contribution in [1.82, 2.24) is 20.6 Å². The quantitative estimate of drug-likeness (QED) is 0.590. The zero-order valence-corrected chi connectivity index (χ0v) is 14.0. The Morgan fingerprint density at radius 1 is 1.00 bits per heavy atom. The minimum Gasteiger partial charge on any atom is -0.271 e. The normalized spacial score (nSPS) is 10.5. The summed E-state index contributed by atoms with van der Waals surface area (Å²) in [5, 5.41) is 3.15. The van der Waals surface area contributed by atoms with E-state index >= 15 is 0 Å². The molecule has 1 aromatic heterocycles. The molecule has 0 saturated carbocycles. The van der Waals surface area contributed by atoms with Crippen LogP contribution in [0.4, 0.5) is 0 Å². The minimum atomic E-state index is -0.687. The van der Waals surface area contributed by atoms with E-state index in [0.717, 1.165) is 4.68 Å². The van der Waals surface area contributed by atoms with Crippen molar-refractivity contribution in [3.8, 4) is 0 Å². The Labute approximate surface area is 151 Å². The van der Waals surface area contributed by atoms with Crippen molar-refractivity contribution in [3.63, 3.8) is 0 Å². The number of aromatic amines is 1. The number of H-pyrrole nitrogens is 1. The van der Waals surface area contributed by atoms with Crippen molar-refractivity contribution in [3.05, 3.63) is 79.8 Å². The molecule has 0 aliphatic heterocycles. The Hall–Kier alpha value is -3.39. The molecule has 2 aromatic carbocycles.